The molecule has 1 fully saturated rings. The molecule has 0 aromatic heterocycles. The number of thioether (sulfide) groups is 1. The van der Waals surface area contributed by atoms with Crippen molar-refractivity contribution in [1.29, 1.82) is 0 Å². The van der Waals surface area contributed by atoms with Gasteiger partial charge in [-0.05, 0) is 36.3 Å². The van der Waals surface area contributed by atoms with Gasteiger partial charge in [-0.25, -0.2) is 4.79 Å². The first-order valence-corrected chi connectivity index (χ1v) is 8.10. The van der Waals surface area contributed by atoms with Gasteiger partial charge < -0.3 is 10.4 Å². The van der Waals surface area contributed by atoms with Gasteiger partial charge in [-0.1, -0.05) is 30.3 Å². The lowest BCUT2D eigenvalue weighted by Gasteiger charge is -2.13. The molecule has 1 aromatic carbocycles. The molecule has 0 bridgehead atoms. The summed E-state index contributed by atoms with van der Waals surface area (Å²) >= 11 is 1.58. The molecule has 1 aromatic rings. The summed E-state index contributed by atoms with van der Waals surface area (Å²) in [6.45, 7) is 0. The Morgan fingerprint density at radius 3 is 2.70 bits per heavy atom. The van der Waals surface area contributed by atoms with E-state index in [9.17, 15) is 9.59 Å². The molecule has 2 N–H and O–H groups in total. The van der Waals surface area contributed by atoms with Crippen molar-refractivity contribution in [1.82, 2.24) is 5.32 Å². The van der Waals surface area contributed by atoms with E-state index >= 15 is 0 Å². The van der Waals surface area contributed by atoms with Crippen LogP contribution in [0.4, 0.5) is 0 Å². The minimum atomic E-state index is -0.954. The van der Waals surface area contributed by atoms with Crippen LogP contribution < -0.4 is 5.32 Å². The van der Waals surface area contributed by atoms with Crippen LogP contribution in [0.25, 0.3) is 0 Å². The number of benzene rings is 1. The average Bonchev–Trinajstić information content (AvgIpc) is 3.24. The number of carboxylic acid groups (broad SMARTS) is 1. The number of carbonyl (C=O) groups is 2. The third-order valence-electron chi connectivity index (χ3n) is 3.58. The highest BCUT2D eigenvalue weighted by molar-refractivity contribution is 7.98. The summed E-state index contributed by atoms with van der Waals surface area (Å²) in [4.78, 5) is 23.2. The monoisotopic (exact) mass is 293 g/mol. The number of carbonyl (C=O) groups excluding carboxylic acids is 1. The summed E-state index contributed by atoms with van der Waals surface area (Å²) in [6.07, 6.45) is 3.20. The molecule has 108 valence electrons. The number of hydrogen-bond acceptors (Lipinski definition) is 3. The second kappa shape index (κ2) is 6.79. The molecule has 0 spiro atoms. The molecule has 1 aliphatic carbocycles. The van der Waals surface area contributed by atoms with E-state index in [1.807, 2.05) is 36.6 Å². The Hall–Kier alpha value is -1.49. The molecule has 1 aliphatic rings. The highest BCUT2D eigenvalue weighted by Crippen LogP contribution is 2.47. The molecule has 0 radical (unpaired) electrons. The van der Waals surface area contributed by atoms with Gasteiger partial charge in [0.2, 0.25) is 5.91 Å². The lowest BCUT2D eigenvalue weighted by Crippen LogP contribution is -2.42. The lowest BCUT2D eigenvalue weighted by atomic mass is 10.1. The normalized spacial score (nSPS) is 22.1. The number of amides is 1. The van der Waals surface area contributed by atoms with Crippen LogP contribution in [-0.4, -0.2) is 35.0 Å². The van der Waals surface area contributed by atoms with Gasteiger partial charge in [0.15, 0.2) is 0 Å². The Morgan fingerprint density at radius 1 is 1.40 bits per heavy atom. The molecule has 0 aliphatic heterocycles. The van der Waals surface area contributed by atoms with Crippen LogP contribution in [0.5, 0.6) is 0 Å². The average molecular weight is 293 g/mol. The van der Waals surface area contributed by atoms with E-state index < -0.39 is 12.0 Å². The zero-order chi connectivity index (χ0) is 14.5. The maximum atomic E-state index is 12.1. The van der Waals surface area contributed by atoms with Crippen LogP contribution in [0.3, 0.4) is 0 Å². The van der Waals surface area contributed by atoms with Crippen molar-refractivity contribution in [3.8, 4) is 0 Å². The van der Waals surface area contributed by atoms with E-state index in [0.717, 1.165) is 17.7 Å². The van der Waals surface area contributed by atoms with E-state index in [4.69, 9.17) is 5.11 Å². The molecule has 4 nitrogen and oxygen atoms in total. The highest BCUT2D eigenvalue weighted by atomic mass is 32.2. The predicted molar refractivity (Wildman–Crippen MR) is 79.9 cm³/mol. The topological polar surface area (TPSA) is 66.4 Å². The minimum Gasteiger partial charge on any atom is -0.480 e. The molecule has 2 rings (SSSR count). The standard InChI is InChI=1S/C15H19NO3S/c1-20-8-7-13(15(18)19)16-14(17)12-9-11(12)10-5-3-2-4-6-10/h2-6,11-13H,7-9H2,1H3,(H,16,17)(H,18,19)/t11?,12?,13-/m1/s1. The summed E-state index contributed by atoms with van der Waals surface area (Å²) in [7, 11) is 0. The van der Waals surface area contributed by atoms with Gasteiger partial charge in [0.25, 0.3) is 0 Å². The van der Waals surface area contributed by atoms with Gasteiger partial charge >= 0.3 is 5.97 Å². The lowest BCUT2D eigenvalue weighted by molar-refractivity contribution is -0.142. The fourth-order valence-corrected chi connectivity index (χ4v) is 2.80. The Kier molecular flexibility index (Phi) is 5.06. The number of nitrogens with one attached hydrogen (secondary N) is 1. The van der Waals surface area contributed by atoms with E-state index in [0.29, 0.717) is 6.42 Å². The quantitative estimate of drug-likeness (QED) is 0.808. The van der Waals surface area contributed by atoms with Crippen LogP contribution in [-0.2, 0) is 9.59 Å². The van der Waals surface area contributed by atoms with Gasteiger partial charge in [0.1, 0.15) is 6.04 Å². The summed E-state index contributed by atoms with van der Waals surface area (Å²) < 4.78 is 0. The number of hydrogen-bond donors (Lipinski definition) is 2. The molecule has 5 heteroatoms. The second-order valence-corrected chi connectivity index (χ2v) is 6.03. The number of rotatable bonds is 7. The highest BCUT2D eigenvalue weighted by Gasteiger charge is 2.44. The van der Waals surface area contributed by atoms with Gasteiger partial charge in [0, 0.05) is 5.92 Å². The first-order chi connectivity index (χ1) is 9.63. The zero-order valence-electron chi connectivity index (χ0n) is 11.4. The molecule has 0 heterocycles. The summed E-state index contributed by atoms with van der Waals surface area (Å²) in [5.41, 5.74) is 1.16. The van der Waals surface area contributed by atoms with Crippen molar-refractivity contribution in [2.24, 2.45) is 5.92 Å². The van der Waals surface area contributed by atoms with E-state index in [2.05, 4.69) is 5.32 Å². The Labute approximate surface area is 123 Å². The Bertz CT molecular complexity index is 477. The maximum Gasteiger partial charge on any atom is 0.326 e. The van der Waals surface area contributed by atoms with Crippen molar-refractivity contribution in [3.05, 3.63) is 35.9 Å². The van der Waals surface area contributed by atoms with Crippen LogP contribution in [0.15, 0.2) is 30.3 Å². The fraction of sp³-hybridized carbons (Fsp3) is 0.467. The third kappa shape index (κ3) is 3.76. The SMILES string of the molecule is CSCC[C@@H](NC(=O)C1CC1c1ccccc1)C(=O)O. The van der Waals surface area contributed by atoms with Gasteiger partial charge in [-0.15, -0.1) is 0 Å². The number of aliphatic carboxylic acids is 1. The van der Waals surface area contributed by atoms with Crippen molar-refractivity contribution >= 4 is 23.6 Å². The molecular weight excluding hydrogens is 274 g/mol. The van der Waals surface area contributed by atoms with Gasteiger partial charge in [0.05, 0.1) is 0 Å². The molecule has 0 saturated heterocycles. The first kappa shape index (κ1) is 14.9. The smallest absolute Gasteiger partial charge is 0.326 e. The molecule has 3 atom stereocenters. The Morgan fingerprint density at radius 2 is 2.10 bits per heavy atom. The van der Waals surface area contributed by atoms with Crippen molar-refractivity contribution in [2.45, 2.75) is 24.8 Å². The maximum absolute atomic E-state index is 12.1. The third-order valence-corrected chi connectivity index (χ3v) is 4.22. The van der Waals surface area contributed by atoms with Crippen LogP contribution in [0.1, 0.15) is 24.3 Å². The van der Waals surface area contributed by atoms with Crippen LogP contribution in [0.2, 0.25) is 0 Å². The summed E-state index contributed by atoms with van der Waals surface area (Å²) in [5, 5.41) is 11.8. The summed E-state index contributed by atoms with van der Waals surface area (Å²) in [6, 6.07) is 9.12. The molecule has 1 saturated carbocycles. The van der Waals surface area contributed by atoms with Gasteiger partial charge in [-0.3, -0.25) is 4.79 Å². The molecule has 20 heavy (non-hydrogen) atoms. The van der Waals surface area contributed by atoms with E-state index in [-0.39, 0.29) is 17.7 Å². The zero-order valence-corrected chi connectivity index (χ0v) is 12.2. The van der Waals surface area contributed by atoms with E-state index in [1.165, 1.54) is 0 Å². The minimum absolute atomic E-state index is 0.0754. The summed E-state index contributed by atoms with van der Waals surface area (Å²) in [5.74, 6) is -0.194. The van der Waals surface area contributed by atoms with E-state index in [1.54, 1.807) is 11.8 Å². The van der Waals surface area contributed by atoms with Gasteiger partial charge in [-0.2, -0.15) is 11.8 Å². The Balaban J connectivity index is 1.88. The molecule has 2 unspecified atom stereocenters. The first-order valence-electron chi connectivity index (χ1n) is 6.70. The van der Waals surface area contributed by atoms with Crippen molar-refractivity contribution in [2.75, 3.05) is 12.0 Å². The van der Waals surface area contributed by atoms with Crippen molar-refractivity contribution in [3.63, 3.8) is 0 Å². The largest absolute Gasteiger partial charge is 0.480 e. The van der Waals surface area contributed by atoms with Crippen LogP contribution >= 0.6 is 11.8 Å². The molecular formula is C15H19NO3S. The second-order valence-electron chi connectivity index (χ2n) is 5.04. The number of carboxylic acids is 1. The fourth-order valence-electron chi connectivity index (χ4n) is 2.33. The van der Waals surface area contributed by atoms with Crippen LogP contribution in [0, 0.1) is 5.92 Å². The van der Waals surface area contributed by atoms with Crippen molar-refractivity contribution < 1.29 is 14.7 Å². The molecule has 1 amide bonds. The predicted octanol–water partition coefficient (Wildman–Crippen LogP) is 2.11.